The van der Waals surface area contributed by atoms with E-state index >= 15 is 0 Å². The maximum atomic E-state index is 13.2. The molecule has 4 aromatic rings. The van der Waals surface area contributed by atoms with Crippen LogP contribution in [0.15, 0.2) is 88.8 Å². The summed E-state index contributed by atoms with van der Waals surface area (Å²) < 4.78 is 1.59. The van der Waals surface area contributed by atoms with Crippen LogP contribution in [0.25, 0.3) is 16.6 Å². The standard InChI is InChI=1S/C25H21N3O2S/c29-23(26-22-15-14-17-8-4-5-11-19(17)22)16-31-25-27-21-13-7-6-12-20(21)24(30)28(25)18-9-2-1-3-10-18/h1-13,22H,14-16H2,(H,26,29). The Hall–Kier alpha value is -3.38. The zero-order chi connectivity index (χ0) is 21.2. The van der Waals surface area contributed by atoms with Crippen LogP contribution in [0.5, 0.6) is 0 Å². The Morgan fingerprint density at radius 1 is 1.00 bits per heavy atom. The molecule has 1 heterocycles. The van der Waals surface area contributed by atoms with Crippen LogP contribution in [0.4, 0.5) is 0 Å². The van der Waals surface area contributed by atoms with Crippen LogP contribution in [-0.2, 0) is 11.2 Å². The molecule has 0 bridgehead atoms. The minimum atomic E-state index is -0.135. The van der Waals surface area contributed by atoms with E-state index in [1.807, 2.05) is 60.7 Å². The van der Waals surface area contributed by atoms with Gasteiger partial charge in [-0.15, -0.1) is 0 Å². The maximum absolute atomic E-state index is 13.2. The van der Waals surface area contributed by atoms with Crippen LogP contribution < -0.4 is 10.9 Å². The molecule has 1 N–H and O–H groups in total. The summed E-state index contributed by atoms with van der Waals surface area (Å²) in [6.07, 6.45) is 1.90. The first-order valence-electron chi connectivity index (χ1n) is 10.3. The van der Waals surface area contributed by atoms with E-state index in [1.165, 1.54) is 22.9 Å². The number of fused-ring (bicyclic) bond motifs is 2. The Morgan fingerprint density at radius 3 is 2.61 bits per heavy atom. The molecule has 1 aromatic heterocycles. The Balaban J connectivity index is 1.41. The zero-order valence-electron chi connectivity index (χ0n) is 16.8. The molecule has 1 amide bonds. The summed E-state index contributed by atoms with van der Waals surface area (Å²) in [5.41, 5.74) is 3.73. The second-order valence-electron chi connectivity index (χ2n) is 7.53. The van der Waals surface area contributed by atoms with Gasteiger partial charge in [-0.2, -0.15) is 0 Å². The van der Waals surface area contributed by atoms with Crippen molar-refractivity contribution in [2.75, 3.05) is 5.75 Å². The van der Waals surface area contributed by atoms with E-state index in [4.69, 9.17) is 4.98 Å². The number of amides is 1. The number of rotatable bonds is 5. The number of hydrogen-bond acceptors (Lipinski definition) is 4. The number of nitrogens with zero attached hydrogens (tertiary/aromatic N) is 2. The molecule has 1 aliphatic carbocycles. The molecule has 5 rings (SSSR count). The fourth-order valence-electron chi connectivity index (χ4n) is 4.09. The molecule has 5 nitrogen and oxygen atoms in total. The Kier molecular flexibility index (Phi) is 5.30. The summed E-state index contributed by atoms with van der Waals surface area (Å²) >= 11 is 1.28. The van der Waals surface area contributed by atoms with Crippen molar-refractivity contribution in [3.05, 3.63) is 100 Å². The SMILES string of the molecule is O=C(CSc1nc2ccccc2c(=O)n1-c1ccccc1)NC1CCc2ccccc21. The minimum absolute atomic E-state index is 0.0465. The van der Waals surface area contributed by atoms with Crippen LogP contribution >= 0.6 is 11.8 Å². The number of aryl methyl sites for hydroxylation is 1. The summed E-state index contributed by atoms with van der Waals surface area (Å²) in [5.74, 6) is 0.129. The first kappa shape index (κ1) is 19.6. The summed E-state index contributed by atoms with van der Waals surface area (Å²) in [5, 5.41) is 4.21. The number of nitrogens with one attached hydrogen (secondary N) is 1. The van der Waals surface area contributed by atoms with E-state index in [1.54, 1.807) is 10.6 Å². The van der Waals surface area contributed by atoms with Crippen molar-refractivity contribution in [3.63, 3.8) is 0 Å². The molecule has 154 valence electrons. The van der Waals surface area contributed by atoms with Gasteiger partial charge in [-0.25, -0.2) is 4.98 Å². The van der Waals surface area contributed by atoms with Gasteiger partial charge in [0, 0.05) is 0 Å². The van der Waals surface area contributed by atoms with Gasteiger partial charge < -0.3 is 5.32 Å². The molecule has 3 aromatic carbocycles. The van der Waals surface area contributed by atoms with E-state index in [-0.39, 0.29) is 23.3 Å². The lowest BCUT2D eigenvalue weighted by Crippen LogP contribution is -2.29. The highest BCUT2D eigenvalue weighted by molar-refractivity contribution is 7.99. The Labute approximate surface area is 184 Å². The first-order valence-corrected chi connectivity index (χ1v) is 11.3. The number of para-hydroxylation sites is 2. The van der Waals surface area contributed by atoms with E-state index in [2.05, 4.69) is 17.4 Å². The second-order valence-corrected chi connectivity index (χ2v) is 8.48. The highest BCUT2D eigenvalue weighted by atomic mass is 32.2. The smallest absolute Gasteiger partial charge is 0.266 e. The van der Waals surface area contributed by atoms with Crippen molar-refractivity contribution in [2.24, 2.45) is 0 Å². The van der Waals surface area contributed by atoms with Crippen LogP contribution in [0.2, 0.25) is 0 Å². The predicted molar refractivity (Wildman–Crippen MR) is 124 cm³/mol. The van der Waals surface area contributed by atoms with E-state index in [0.717, 1.165) is 18.5 Å². The monoisotopic (exact) mass is 427 g/mol. The predicted octanol–water partition coefficient (Wildman–Crippen LogP) is 4.28. The topological polar surface area (TPSA) is 64.0 Å². The van der Waals surface area contributed by atoms with Gasteiger partial charge in [-0.1, -0.05) is 66.4 Å². The normalized spacial score (nSPS) is 15.0. The summed E-state index contributed by atoms with van der Waals surface area (Å²) in [6, 6.07) is 25.0. The van der Waals surface area contributed by atoms with Crippen molar-refractivity contribution in [1.82, 2.24) is 14.9 Å². The van der Waals surface area contributed by atoms with Gasteiger partial charge in [-0.3, -0.25) is 14.2 Å². The summed E-state index contributed by atoms with van der Waals surface area (Å²) in [4.78, 5) is 30.6. The lowest BCUT2D eigenvalue weighted by Gasteiger charge is -2.15. The third kappa shape index (κ3) is 3.86. The summed E-state index contributed by atoms with van der Waals surface area (Å²) in [6.45, 7) is 0. The molecule has 0 aliphatic heterocycles. The van der Waals surface area contributed by atoms with Crippen molar-refractivity contribution in [3.8, 4) is 5.69 Å². The van der Waals surface area contributed by atoms with Crippen molar-refractivity contribution in [1.29, 1.82) is 0 Å². The molecular formula is C25H21N3O2S. The van der Waals surface area contributed by atoms with Gasteiger partial charge >= 0.3 is 0 Å². The molecule has 6 heteroatoms. The van der Waals surface area contributed by atoms with Crippen LogP contribution in [0.3, 0.4) is 0 Å². The lowest BCUT2D eigenvalue weighted by molar-refractivity contribution is -0.119. The van der Waals surface area contributed by atoms with Crippen molar-refractivity contribution >= 4 is 28.6 Å². The maximum Gasteiger partial charge on any atom is 0.266 e. The number of carbonyl (C=O) groups is 1. The molecule has 0 spiro atoms. The quantitative estimate of drug-likeness (QED) is 0.381. The molecule has 0 fully saturated rings. The molecule has 31 heavy (non-hydrogen) atoms. The van der Waals surface area contributed by atoms with Crippen molar-refractivity contribution < 1.29 is 4.79 Å². The summed E-state index contributed by atoms with van der Waals surface area (Å²) in [7, 11) is 0. The van der Waals surface area contributed by atoms with Gasteiger partial charge in [0.15, 0.2) is 5.16 Å². The minimum Gasteiger partial charge on any atom is -0.349 e. The number of benzene rings is 3. The average Bonchev–Trinajstić information content (AvgIpc) is 3.21. The zero-order valence-corrected chi connectivity index (χ0v) is 17.6. The van der Waals surface area contributed by atoms with E-state index < -0.39 is 0 Å². The highest BCUT2D eigenvalue weighted by Gasteiger charge is 2.23. The average molecular weight is 428 g/mol. The first-order chi connectivity index (χ1) is 15.2. The van der Waals surface area contributed by atoms with Crippen LogP contribution in [0.1, 0.15) is 23.6 Å². The highest BCUT2D eigenvalue weighted by Crippen LogP contribution is 2.31. The Morgan fingerprint density at radius 2 is 1.74 bits per heavy atom. The Bertz CT molecular complexity index is 1320. The second kappa shape index (κ2) is 8.40. The molecular weight excluding hydrogens is 406 g/mol. The number of thioether (sulfide) groups is 1. The van der Waals surface area contributed by atoms with Gasteiger partial charge in [-0.05, 0) is 48.2 Å². The third-order valence-corrected chi connectivity index (χ3v) is 6.50. The molecule has 0 saturated heterocycles. The van der Waals surface area contributed by atoms with Gasteiger partial charge in [0.05, 0.1) is 28.4 Å². The van der Waals surface area contributed by atoms with Gasteiger partial charge in [0.1, 0.15) is 0 Å². The van der Waals surface area contributed by atoms with E-state index in [9.17, 15) is 9.59 Å². The fraction of sp³-hybridized carbons (Fsp3) is 0.160. The fourth-order valence-corrected chi connectivity index (χ4v) is 4.91. The molecule has 1 atom stereocenters. The molecule has 0 saturated carbocycles. The van der Waals surface area contributed by atoms with Crippen LogP contribution in [0, 0.1) is 0 Å². The molecule has 0 radical (unpaired) electrons. The lowest BCUT2D eigenvalue weighted by atomic mass is 10.1. The third-order valence-electron chi connectivity index (χ3n) is 5.56. The van der Waals surface area contributed by atoms with Gasteiger partial charge in [0.2, 0.25) is 5.91 Å². The number of aromatic nitrogens is 2. The largest absolute Gasteiger partial charge is 0.349 e. The molecule has 1 aliphatic rings. The number of hydrogen-bond donors (Lipinski definition) is 1. The number of carbonyl (C=O) groups excluding carboxylic acids is 1. The van der Waals surface area contributed by atoms with E-state index in [0.29, 0.717) is 16.1 Å². The molecule has 1 unspecified atom stereocenters. The van der Waals surface area contributed by atoms with Gasteiger partial charge in [0.25, 0.3) is 5.56 Å². The van der Waals surface area contributed by atoms with Crippen molar-refractivity contribution in [2.45, 2.75) is 24.0 Å². The van der Waals surface area contributed by atoms with Crippen LogP contribution in [-0.4, -0.2) is 21.2 Å².